The van der Waals surface area contributed by atoms with Gasteiger partial charge in [0.1, 0.15) is 0 Å². The molecule has 0 aliphatic carbocycles. The molecule has 0 aliphatic heterocycles. The topological polar surface area (TPSA) is 17.1 Å². The first-order chi connectivity index (χ1) is 6.19. The molecule has 0 fully saturated rings. The third-order valence-electron chi connectivity index (χ3n) is 1.60. The van der Waals surface area contributed by atoms with Gasteiger partial charge in [-0.25, -0.2) is 0 Å². The predicted molar refractivity (Wildman–Crippen MR) is 61.4 cm³/mol. The number of carbonyl (C=O) groups is 1. The normalized spacial score (nSPS) is 10.1. The van der Waals surface area contributed by atoms with E-state index in [9.17, 15) is 4.79 Å². The Bertz CT molecular complexity index is 327. The number of Topliss-reactive ketones (excluding diaryl/α,β-unsaturated/α-hetero) is 1. The van der Waals surface area contributed by atoms with Gasteiger partial charge in [-0.1, -0.05) is 33.6 Å². The summed E-state index contributed by atoms with van der Waals surface area (Å²) in [6.45, 7) is 0. The zero-order chi connectivity index (χ0) is 9.84. The Morgan fingerprint density at radius 1 is 1.62 bits per heavy atom. The van der Waals surface area contributed by atoms with Crippen LogP contribution in [0.2, 0.25) is 5.02 Å². The van der Waals surface area contributed by atoms with Gasteiger partial charge in [-0.2, -0.15) is 0 Å². The van der Waals surface area contributed by atoms with Crippen LogP contribution in [0.3, 0.4) is 0 Å². The molecule has 0 N–H and O–H groups in total. The van der Waals surface area contributed by atoms with Gasteiger partial charge in [0.15, 0.2) is 5.78 Å². The van der Waals surface area contributed by atoms with E-state index in [4.69, 9.17) is 11.6 Å². The molecule has 0 amide bonds. The van der Waals surface area contributed by atoms with Crippen LogP contribution in [0, 0.1) is 0 Å². The number of thioether (sulfide) groups is 1. The minimum atomic E-state index is 0.0505. The summed E-state index contributed by atoms with van der Waals surface area (Å²) >= 11 is 10.6. The van der Waals surface area contributed by atoms with Crippen LogP contribution >= 0.6 is 39.3 Å². The van der Waals surface area contributed by atoms with E-state index in [0.717, 1.165) is 4.90 Å². The van der Waals surface area contributed by atoms with Gasteiger partial charge in [0.05, 0.1) is 10.4 Å². The number of halogens is 2. The summed E-state index contributed by atoms with van der Waals surface area (Å²) in [4.78, 5) is 12.2. The molecule has 0 atom stereocenters. The van der Waals surface area contributed by atoms with Gasteiger partial charge >= 0.3 is 0 Å². The molecule has 1 aromatic carbocycles. The first kappa shape index (κ1) is 11.1. The van der Waals surface area contributed by atoms with E-state index in [2.05, 4.69) is 15.9 Å². The monoisotopic (exact) mass is 278 g/mol. The number of ketones is 1. The molecule has 1 rings (SSSR count). The zero-order valence-electron chi connectivity index (χ0n) is 7.01. The van der Waals surface area contributed by atoms with Crippen LogP contribution < -0.4 is 0 Å². The highest BCUT2D eigenvalue weighted by molar-refractivity contribution is 9.09. The van der Waals surface area contributed by atoms with Crippen molar-refractivity contribution >= 4 is 45.1 Å². The van der Waals surface area contributed by atoms with Crippen LogP contribution in [0.5, 0.6) is 0 Å². The summed E-state index contributed by atoms with van der Waals surface area (Å²) in [7, 11) is 0. The van der Waals surface area contributed by atoms with Gasteiger partial charge in [0.25, 0.3) is 0 Å². The minimum Gasteiger partial charge on any atom is -0.293 e. The molecule has 0 bridgehead atoms. The van der Waals surface area contributed by atoms with Crippen molar-refractivity contribution in [2.75, 3.05) is 11.6 Å². The molecule has 1 aromatic rings. The Balaban J connectivity index is 3.02. The molecule has 1 nitrogen and oxygen atoms in total. The number of carbonyl (C=O) groups excluding carboxylic acids is 1. The predicted octanol–water partition coefficient (Wildman–Crippen LogP) is 3.64. The average Bonchev–Trinajstić information content (AvgIpc) is 2.16. The number of hydrogen-bond acceptors (Lipinski definition) is 2. The Morgan fingerprint density at radius 2 is 2.31 bits per heavy atom. The quantitative estimate of drug-likeness (QED) is 0.477. The summed E-state index contributed by atoms with van der Waals surface area (Å²) in [6, 6.07) is 5.36. The molecule has 0 heterocycles. The standard InChI is InChI=1S/C9H8BrClOS/c1-13-9-3-2-6(4-7(9)11)8(12)5-10/h2-4H,5H2,1H3. The van der Waals surface area contributed by atoms with Gasteiger partial charge in [-0.05, 0) is 18.4 Å². The van der Waals surface area contributed by atoms with Crippen LogP contribution in [-0.4, -0.2) is 17.4 Å². The fraction of sp³-hybridized carbons (Fsp3) is 0.222. The van der Waals surface area contributed by atoms with E-state index in [1.165, 1.54) is 0 Å². The van der Waals surface area contributed by atoms with Crippen molar-refractivity contribution in [3.63, 3.8) is 0 Å². The van der Waals surface area contributed by atoms with Crippen LogP contribution in [0.1, 0.15) is 10.4 Å². The lowest BCUT2D eigenvalue weighted by Crippen LogP contribution is -1.99. The molecule has 4 heteroatoms. The second kappa shape index (κ2) is 5.03. The lowest BCUT2D eigenvalue weighted by molar-refractivity contribution is 0.102. The highest BCUT2D eigenvalue weighted by Gasteiger charge is 2.06. The van der Waals surface area contributed by atoms with Crippen molar-refractivity contribution < 1.29 is 4.79 Å². The molecular weight excluding hydrogens is 272 g/mol. The largest absolute Gasteiger partial charge is 0.293 e. The number of alkyl halides is 1. The first-order valence-electron chi connectivity index (χ1n) is 3.61. The molecule has 0 spiro atoms. The first-order valence-corrected chi connectivity index (χ1v) is 6.34. The van der Waals surface area contributed by atoms with E-state index < -0.39 is 0 Å². The summed E-state index contributed by atoms with van der Waals surface area (Å²) in [5, 5.41) is 0.974. The highest BCUT2D eigenvalue weighted by atomic mass is 79.9. The Morgan fingerprint density at radius 3 is 2.77 bits per heavy atom. The van der Waals surface area contributed by atoms with Crippen molar-refractivity contribution in [2.24, 2.45) is 0 Å². The maximum Gasteiger partial charge on any atom is 0.173 e. The van der Waals surface area contributed by atoms with Gasteiger partial charge < -0.3 is 0 Å². The second-order valence-electron chi connectivity index (χ2n) is 2.41. The summed E-state index contributed by atoms with van der Waals surface area (Å²) in [6.07, 6.45) is 1.95. The lowest BCUT2D eigenvalue weighted by atomic mass is 10.1. The highest BCUT2D eigenvalue weighted by Crippen LogP contribution is 2.26. The van der Waals surface area contributed by atoms with E-state index in [-0.39, 0.29) is 5.78 Å². The van der Waals surface area contributed by atoms with Crippen molar-refractivity contribution in [3.05, 3.63) is 28.8 Å². The van der Waals surface area contributed by atoms with Crippen molar-refractivity contribution in [3.8, 4) is 0 Å². The molecule has 0 aromatic heterocycles. The van der Waals surface area contributed by atoms with Crippen molar-refractivity contribution in [1.29, 1.82) is 0 Å². The molecule has 0 radical (unpaired) electrons. The second-order valence-corrected chi connectivity index (χ2v) is 4.22. The van der Waals surface area contributed by atoms with E-state index in [1.54, 1.807) is 23.9 Å². The fourth-order valence-electron chi connectivity index (χ4n) is 0.917. The fourth-order valence-corrected chi connectivity index (χ4v) is 2.11. The number of hydrogen-bond donors (Lipinski definition) is 0. The zero-order valence-corrected chi connectivity index (χ0v) is 10.2. The van der Waals surface area contributed by atoms with Crippen LogP contribution in [0.25, 0.3) is 0 Å². The Labute approximate surface area is 95.0 Å². The molecule has 0 saturated carbocycles. The Hall–Kier alpha value is 0.01000. The molecule has 0 unspecified atom stereocenters. The average molecular weight is 280 g/mol. The summed E-state index contributed by atoms with van der Waals surface area (Å²) in [5.74, 6) is 0.0505. The van der Waals surface area contributed by atoms with Gasteiger partial charge in [0, 0.05) is 10.5 Å². The van der Waals surface area contributed by atoms with Crippen molar-refractivity contribution in [2.45, 2.75) is 4.90 Å². The maximum absolute atomic E-state index is 11.3. The number of benzene rings is 1. The van der Waals surface area contributed by atoms with E-state index in [0.29, 0.717) is 15.9 Å². The van der Waals surface area contributed by atoms with Crippen LogP contribution in [0.4, 0.5) is 0 Å². The summed E-state index contributed by atoms with van der Waals surface area (Å²) < 4.78 is 0. The molecule has 0 saturated heterocycles. The maximum atomic E-state index is 11.3. The summed E-state index contributed by atoms with van der Waals surface area (Å²) in [5.41, 5.74) is 0.652. The van der Waals surface area contributed by atoms with Crippen LogP contribution in [0.15, 0.2) is 23.1 Å². The van der Waals surface area contributed by atoms with Gasteiger partial charge in [-0.15, -0.1) is 11.8 Å². The third-order valence-corrected chi connectivity index (χ3v) is 3.33. The molecule has 0 aliphatic rings. The van der Waals surface area contributed by atoms with E-state index >= 15 is 0 Å². The number of rotatable bonds is 3. The van der Waals surface area contributed by atoms with E-state index in [1.807, 2.05) is 12.3 Å². The lowest BCUT2D eigenvalue weighted by Gasteiger charge is -2.02. The minimum absolute atomic E-state index is 0.0505. The third kappa shape index (κ3) is 2.73. The molecular formula is C9H8BrClOS. The smallest absolute Gasteiger partial charge is 0.173 e. The Kier molecular flexibility index (Phi) is 4.29. The molecule has 13 heavy (non-hydrogen) atoms. The van der Waals surface area contributed by atoms with Gasteiger partial charge in [0.2, 0.25) is 0 Å². The van der Waals surface area contributed by atoms with Gasteiger partial charge in [-0.3, -0.25) is 4.79 Å². The SMILES string of the molecule is CSc1ccc(C(=O)CBr)cc1Cl. The molecule has 70 valence electrons. The van der Waals surface area contributed by atoms with Crippen molar-refractivity contribution in [1.82, 2.24) is 0 Å². The van der Waals surface area contributed by atoms with Crippen LogP contribution in [-0.2, 0) is 0 Å².